The van der Waals surface area contributed by atoms with Crippen LogP contribution in [0, 0.1) is 10.1 Å². The first-order chi connectivity index (χ1) is 6.15. The molecule has 1 aromatic carbocycles. The normalized spacial score (nSPS) is 9.00. The fourth-order valence-electron chi connectivity index (χ4n) is 0.763. The molecule has 6 heteroatoms. The van der Waals surface area contributed by atoms with Gasteiger partial charge in [0.05, 0.1) is 15.8 Å². The highest BCUT2D eigenvalue weighted by molar-refractivity contribution is 7.78. The Morgan fingerprint density at radius 3 is 2.85 bits per heavy atom. The minimum Gasteiger partial charge on any atom is -0.258 e. The number of isothiocyanates is 1. The average Bonchev–Trinajstić information content (AvgIpc) is 2.08. The van der Waals surface area contributed by atoms with Crippen molar-refractivity contribution in [3.8, 4) is 0 Å². The molecule has 0 aromatic heterocycles. The molecule has 1 aromatic rings. The van der Waals surface area contributed by atoms with Crippen molar-refractivity contribution in [2.24, 2.45) is 4.99 Å². The topological polar surface area (TPSA) is 55.5 Å². The van der Waals surface area contributed by atoms with Gasteiger partial charge in [0.15, 0.2) is 0 Å². The van der Waals surface area contributed by atoms with Gasteiger partial charge in [-0.05, 0) is 24.4 Å². The zero-order valence-corrected chi connectivity index (χ0v) is 7.80. The van der Waals surface area contributed by atoms with Crippen LogP contribution in [0.4, 0.5) is 11.4 Å². The first-order valence-corrected chi connectivity index (χ1v) is 3.95. The Hall–Kier alpha value is -1.29. The predicted octanol–water partition coefficient (Wildman–Crippen LogP) is 2.98. The van der Waals surface area contributed by atoms with Crippen molar-refractivity contribution in [2.45, 2.75) is 0 Å². The standard InChI is InChI=1S/C7H3ClN2O2S/c8-6-2-1-5(9-4-13)3-7(6)10(11)12/h1-3H. The Morgan fingerprint density at radius 2 is 2.31 bits per heavy atom. The van der Waals surface area contributed by atoms with Crippen molar-refractivity contribution in [1.29, 1.82) is 0 Å². The van der Waals surface area contributed by atoms with Crippen molar-refractivity contribution in [3.63, 3.8) is 0 Å². The highest BCUT2D eigenvalue weighted by Gasteiger charge is 2.11. The van der Waals surface area contributed by atoms with Crippen LogP contribution >= 0.6 is 23.8 Å². The number of aliphatic imine (C=N–C) groups is 1. The van der Waals surface area contributed by atoms with Gasteiger partial charge < -0.3 is 0 Å². The van der Waals surface area contributed by atoms with Gasteiger partial charge >= 0.3 is 0 Å². The van der Waals surface area contributed by atoms with Crippen LogP contribution in [0.15, 0.2) is 23.2 Å². The molecule has 0 spiro atoms. The maximum Gasteiger partial charge on any atom is 0.290 e. The molecule has 0 saturated carbocycles. The molecule has 66 valence electrons. The van der Waals surface area contributed by atoms with E-state index in [1.54, 1.807) is 0 Å². The lowest BCUT2D eigenvalue weighted by Gasteiger charge is -1.94. The van der Waals surface area contributed by atoms with Gasteiger partial charge in [-0.25, -0.2) is 0 Å². The number of thiocarbonyl (C=S) groups is 1. The molecule has 0 bridgehead atoms. The quantitative estimate of drug-likeness (QED) is 0.329. The van der Waals surface area contributed by atoms with E-state index in [9.17, 15) is 10.1 Å². The van der Waals surface area contributed by atoms with E-state index in [2.05, 4.69) is 22.4 Å². The van der Waals surface area contributed by atoms with Crippen LogP contribution in [0.25, 0.3) is 0 Å². The summed E-state index contributed by atoms with van der Waals surface area (Å²) in [6.45, 7) is 0. The van der Waals surface area contributed by atoms with E-state index in [0.29, 0.717) is 5.69 Å². The molecule has 1 rings (SSSR count). The van der Waals surface area contributed by atoms with Crippen LogP contribution in [0.5, 0.6) is 0 Å². The fraction of sp³-hybridized carbons (Fsp3) is 0. The van der Waals surface area contributed by atoms with Crippen LogP contribution in [0.3, 0.4) is 0 Å². The van der Waals surface area contributed by atoms with Gasteiger partial charge in [-0.2, -0.15) is 4.99 Å². The third-order valence-corrected chi connectivity index (χ3v) is 1.71. The van der Waals surface area contributed by atoms with Crippen LogP contribution in [0.2, 0.25) is 5.02 Å². The molecule has 0 amide bonds. The Balaban J connectivity index is 3.26. The summed E-state index contributed by atoms with van der Waals surface area (Å²) in [7, 11) is 0. The highest BCUT2D eigenvalue weighted by Crippen LogP contribution is 2.28. The summed E-state index contributed by atoms with van der Waals surface area (Å²) in [6.07, 6.45) is 0. The lowest BCUT2D eigenvalue weighted by atomic mass is 10.3. The summed E-state index contributed by atoms with van der Waals surface area (Å²) >= 11 is 9.92. The largest absolute Gasteiger partial charge is 0.290 e. The minimum absolute atomic E-state index is 0.0771. The second kappa shape index (κ2) is 4.09. The molecule has 0 N–H and O–H groups in total. The Morgan fingerprint density at radius 1 is 1.62 bits per heavy atom. The van der Waals surface area contributed by atoms with E-state index in [4.69, 9.17) is 11.6 Å². The number of hydrogen-bond donors (Lipinski definition) is 0. The van der Waals surface area contributed by atoms with E-state index in [1.165, 1.54) is 18.2 Å². The molecule has 0 atom stereocenters. The van der Waals surface area contributed by atoms with Gasteiger partial charge in [0, 0.05) is 6.07 Å². The third kappa shape index (κ3) is 2.32. The van der Waals surface area contributed by atoms with E-state index in [0.717, 1.165) is 0 Å². The molecule has 13 heavy (non-hydrogen) atoms. The van der Waals surface area contributed by atoms with Gasteiger partial charge in [0.2, 0.25) is 0 Å². The number of rotatable bonds is 2. The molecular weight excluding hydrogens is 212 g/mol. The Bertz CT molecular complexity index is 401. The molecule has 0 radical (unpaired) electrons. The van der Waals surface area contributed by atoms with E-state index >= 15 is 0 Å². The number of benzene rings is 1. The number of nitrogens with zero attached hydrogens (tertiary/aromatic N) is 2. The van der Waals surface area contributed by atoms with Crippen molar-refractivity contribution < 1.29 is 4.92 Å². The van der Waals surface area contributed by atoms with Crippen LogP contribution in [-0.2, 0) is 0 Å². The first-order valence-electron chi connectivity index (χ1n) is 3.17. The SMILES string of the molecule is O=[N+]([O-])c1cc(N=C=S)ccc1Cl. The predicted molar refractivity (Wildman–Crippen MR) is 52.8 cm³/mol. The van der Waals surface area contributed by atoms with Gasteiger partial charge in [0.1, 0.15) is 5.02 Å². The Labute approximate surface area is 84.0 Å². The van der Waals surface area contributed by atoms with Crippen molar-refractivity contribution in [2.75, 3.05) is 0 Å². The number of nitro benzene ring substituents is 1. The van der Waals surface area contributed by atoms with Crippen LogP contribution in [0.1, 0.15) is 0 Å². The lowest BCUT2D eigenvalue weighted by Crippen LogP contribution is -1.87. The number of halogens is 1. The summed E-state index contributed by atoms with van der Waals surface area (Å²) in [4.78, 5) is 13.4. The van der Waals surface area contributed by atoms with Gasteiger partial charge in [-0.3, -0.25) is 10.1 Å². The summed E-state index contributed by atoms with van der Waals surface area (Å²) < 4.78 is 0. The van der Waals surface area contributed by atoms with Crippen molar-refractivity contribution in [1.82, 2.24) is 0 Å². The zero-order valence-electron chi connectivity index (χ0n) is 6.23. The van der Waals surface area contributed by atoms with Crippen LogP contribution < -0.4 is 0 Å². The van der Waals surface area contributed by atoms with Gasteiger partial charge in [-0.15, -0.1) is 0 Å². The maximum atomic E-state index is 10.4. The van der Waals surface area contributed by atoms with Crippen molar-refractivity contribution in [3.05, 3.63) is 33.3 Å². The van der Waals surface area contributed by atoms with Crippen LogP contribution in [-0.4, -0.2) is 10.1 Å². The molecule has 0 aliphatic heterocycles. The monoisotopic (exact) mass is 214 g/mol. The van der Waals surface area contributed by atoms with E-state index in [1.807, 2.05) is 0 Å². The molecule has 0 saturated heterocycles. The summed E-state index contributed by atoms with van der Waals surface area (Å²) in [6, 6.07) is 4.15. The molecule has 0 fully saturated rings. The first kappa shape index (κ1) is 9.80. The molecule has 4 nitrogen and oxygen atoms in total. The molecule has 0 aliphatic carbocycles. The smallest absolute Gasteiger partial charge is 0.258 e. The Kier molecular flexibility index (Phi) is 3.08. The number of nitro groups is 1. The third-order valence-electron chi connectivity index (χ3n) is 1.30. The summed E-state index contributed by atoms with van der Waals surface area (Å²) in [5.74, 6) is 0. The second-order valence-corrected chi connectivity index (χ2v) is 2.69. The maximum absolute atomic E-state index is 10.4. The zero-order chi connectivity index (χ0) is 9.84. The summed E-state index contributed by atoms with van der Waals surface area (Å²) in [5, 5.41) is 12.6. The molecule has 0 unspecified atom stereocenters. The molecule has 0 aliphatic rings. The van der Waals surface area contributed by atoms with E-state index in [-0.39, 0.29) is 10.7 Å². The van der Waals surface area contributed by atoms with Gasteiger partial charge in [-0.1, -0.05) is 11.6 Å². The lowest BCUT2D eigenvalue weighted by molar-refractivity contribution is -0.384. The summed E-state index contributed by atoms with van der Waals surface area (Å²) in [5.41, 5.74) is 0.180. The van der Waals surface area contributed by atoms with E-state index < -0.39 is 4.92 Å². The molecule has 0 heterocycles. The second-order valence-electron chi connectivity index (χ2n) is 2.10. The fourth-order valence-corrected chi connectivity index (χ4v) is 1.06. The van der Waals surface area contributed by atoms with Crippen molar-refractivity contribution >= 4 is 40.4 Å². The highest BCUT2D eigenvalue weighted by atomic mass is 35.5. The molecular formula is C7H3ClN2O2S. The number of hydrogen-bond acceptors (Lipinski definition) is 4. The average molecular weight is 215 g/mol. The van der Waals surface area contributed by atoms with Gasteiger partial charge in [0.25, 0.3) is 5.69 Å². The minimum atomic E-state index is -0.579.